The minimum atomic E-state index is -4.51. The lowest BCUT2D eigenvalue weighted by atomic mass is 10.1. The number of benzene rings is 3. The standard InChI is InChI=1S/C28H32N2O8S/c1-6-28(31,27-23-9-7-8-10-24(23)38-29-27)39(32,33)30(17-19-11-13-21(34-2)15-25(19)36-4)18-20-12-14-22(35-3)16-26(20)37-5/h7-16,31H,6,17-18H2,1-5H3. The first-order chi connectivity index (χ1) is 18.7. The van der Waals surface area contributed by atoms with E-state index in [1.807, 2.05) is 0 Å². The highest BCUT2D eigenvalue weighted by Crippen LogP contribution is 2.40. The van der Waals surface area contributed by atoms with Crippen LogP contribution in [0.4, 0.5) is 0 Å². The number of aromatic nitrogens is 1. The molecular formula is C28H32N2O8S. The quantitative estimate of drug-likeness (QED) is 0.270. The van der Waals surface area contributed by atoms with Crippen molar-refractivity contribution in [2.45, 2.75) is 31.4 Å². The lowest BCUT2D eigenvalue weighted by Crippen LogP contribution is -2.46. The molecule has 0 radical (unpaired) electrons. The van der Waals surface area contributed by atoms with Crippen LogP contribution in [0.5, 0.6) is 23.0 Å². The lowest BCUT2D eigenvalue weighted by Gasteiger charge is -2.33. The number of rotatable bonds is 12. The fourth-order valence-electron chi connectivity index (χ4n) is 4.42. The maximum Gasteiger partial charge on any atom is 0.250 e. The molecule has 1 atom stereocenters. The maximum absolute atomic E-state index is 14.4. The summed E-state index contributed by atoms with van der Waals surface area (Å²) in [6.45, 7) is 1.34. The molecule has 208 valence electrons. The average molecular weight is 557 g/mol. The molecule has 39 heavy (non-hydrogen) atoms. The van der Waals surface area contributed by atoms with E-state index in [0.717, 1.165) is 0 Å². The molecule has 1 unspecified atom stereocenters. The van der Waals surface area contributed by atoms with Crippen LogP contribution in [0.25, 0.3) is 11.0 Å². The van der Waals surface area contributed by atoms with Gasteiger partial charge in [-0.3, -0.25) is 0 Å². The van der Waals surface area contributed by atoms with Gasteiger partial charge in [-0.1, -0.05) is 36.3 Å². The Morgan fingerprint density at radius 3 is 1.87 bits per heavy atom. The van der Waals surface area contributed by atoms with Gasteiger partial charge < -0.3 is 28.6 Å². The van der Waals surface area contributed by atoms with Gasteiger partial charge in [0.25, 0.3) is 10.0 Å². The predicted molar refractivity (Wildman–Crippen MR) is 145 cm³/mol. The molecule has 0 saturated carbocycles. The number of methoxy groups -OCH3 is 4. The molecule has 0 saturated heterocycles. The second-order valence-corrected chi connectivity index (χ2v) is 10.9. The molecule has 4 rings (SSSR count). The van der Waals surface area contributed by atoms with Crippen molar-refractivity contribution < 1.29 is 37.0 Å². The van der Waals surface area contributed by atoms with Gasteiger partial charge >= 0.3 is 0 Å². The van der Waals surface area contributed by atoms with Gasteiger partial charge in [-0.05, 0) is 30.7 Å². The number of nitrogens with zero attached hydrogens (tertiary/aromatic N) is 2. The fourth-order valence-corrected chi connectivity index (χ4v) is 6.23. The molecule has 4 aromatic rings. The van der Waals surface area contributed by atoms with Crippen molar-refractivity contribution in [1.29, 1.82) is 0 Å². The topological polar surface area (TPSA) is 121 Å². The van der Waals surface area contributed by atoms with Gasteiger partial charge in [-0.15, -0.1) is 0 Å². The monoisotopic (exact) mass is 556 g/mol. The van der Waals surface area contributed by atoms with Crippen molar-refractivity contribution in [2.24, 2.45) is 0 Å². The third-order valence-electron chi connectivity index (χ3n) is 6.68. The van der Waals surface area contributed by atoms with E-state index in [2.05, 4.69) is 5.16 Å². The Hall–Kier alpha value is -3.80. The third kappa shape index (κ3) is 5.25. The SMILES string of the molecule is CCC(O)(c1noc2ccccc12)S(=O)(=O)N(Cc1ccc(OC)cc1OC)Cc1ccc(OC)cc1OC. The van der Waals surface area contributed by atoms with E-state index < -0.39 is 15.0 Å². The van der Waals surface area contributed by atoms with Crippen molar-refractivity contribution in [3.63, 3.8) is 0 Å². The fraction of sp³-hybridized carbons (Fsp3) is 0.321. The van der Waals surface area contributed by atoms with Crippen molar-refractivity contribution in [1.82, 2.24) is 9.46 Å². The van der Waals surface area contributed by atoms with Gasteiger partial charge in [-0.2, -0.15) is 4.31 Å². The Balaban J connectivity index is 1.86. The van der Waals surface area contributed by atoms with Gasteiger partial charge in [0.2, 0.25) is 4.93 Å². The van der Waals surface area contributed by atoms with Gasteiger partial charge in [0.1, 0.15) is 28.7 Å². The summed E-state index contributed by atoms with van der Waals surface area (Å²) in [6.07, 6.45) is -0.179. The molecule has 11 heteroatoms. The Labute approximate surface area is 227 Å². The van der Waals surface area contributed by atoms with Crippen LogP contribution in [-0.4, -0.2) is 51.4 Å². The molecule has 0 spiro atoms. The Morgan fingerprint density at radius 2 is 1.38 bits per heavy atom. The number of hydrogen-bond acceptors (Lipinski definition) is 9. The van der Waals surface area contributed by atoms with Gasteiger partial charge in [0.05, 0.1) is 28.4 Å². The summed E-state index contributed by atoms with van der Waals surface area (Å²) in [5.41, 5.74) is 1.43. The van der Waals surface area contributed by atoms with Gasteiger partial charge in [-0.25, -0.2) is 8.42 Å². The number of sulfonamides is 1. The maximum atomic E-state index is 14.4. The first kappa shape index (κ1) is 28.2. The van der Waals surface area contributed by atoms with Crippen LogP contribution in [0.15, 0.2) is 65.2 Å². The molecule has 0 fully saturated rings. The first-order valence-electron chi connectivity index (χ1n) is 12.2. The van der Waals surface area contributed by atoms with Crippen molar-refractivity contribution in [2.75, 3.05) is 28.4 Å². The molecule has 3 aromatic carbocycles. The Bertz CT molecular complexity index is 1490. The zero-order chi connectivity index (χ0) is 28.2. The van der Waals surface area contributed by atoms with Crippen LogP contribution in [0.1, 0.15) is 30.2 Å². The average Bonchev–Trinajstić information content (AvgIpc) is 3.41. The second kappa shape index (κ2) is 11.5. The summed E-state index contributed by atoms with van der Waals surface area (Å²) >= 11 is 0. The van der Waals surface area contributed by atoms with E-state index in [-0.39, 0.29) is 25.2 Å². The molecule has 0 aliphatic heterocycles. The molecule has 1 aromatic heterocycles. The van der Waals surface area contributed by atoms with Crippen molar-refractivity contribution in [3.8, 4) is 23.0 Å². The lowest BCUT2D eigenvalue weighted by molar-refractivity contribution is 0.102. The summed E-state index contributed by atoms with van der Waals surface area (Å²) in [7, 11) is 1.54. The van der Waals surface area contributed by atoms with E-state index >= 15 is 0 Å². The highest BCUT2D eigenvalue weighted by atomic mass is 32.2. The van der Waals surface area contributed by atoms with E-state index in [9.17, 15) is 13.5 Å². The molecule has 10 nitrogen and oxygen atoms in total. The number of fused-ring (bicyclic) bond motifs is 1. The Morgan fingerprint density at radius 1 is 0.846 bits per heavy atom. The summed E-state index contributed by atoms with van der Waals surface area (Å²) in [5, 5.41) is 16.3. The summed E-state index contributed by atoms with van der Waals surface area (Å²) in [4.78, 5) is -2.39. The van der Waals surface area contributed by atoms with Crippen LogP contribution in [-0.2, 0) is 28.0 Å². The predicted octanol–water partition coefficient (Wildman–Crippen LogP) is 4.45. The zero-order valence-corrected chi connectivity index (χ0v) is 23.3. The minimum absolute atomic E-state index is 0.0750. The number of hydrogen-bond donors (Lipinski definition) is 1. The van der Waals surface area contributed by atoms with Crippen LogP contribution >= 0.6 is 0 Å². The molecule has 0 aliphatic carbocycles. The minimum Gasteiger partial charge on any atom is -0.497 e. The molecular weight excluding hydrogens is 524 g/mol. The summed E-state index contributed by atoms with van der Waals surface area (Å²) in [5.74, 6) is 1.98. The molecule has 0 amide bonds. The number of aliphatic hydroxyl groups is 1. The zero-order valence-electron chi connectivity index (χ0n) is 22.5. The van der Waals surface area contributed by atoms with E-state index in [4.69, 9.17) is 23.5 Å². The highest BCUT2D eigenvalue weighted by Gasteiger charge is 2.49. The Kier molecular flexibility index (Phi) is 8.34. The normalized spacial score (nSPS) is 13.3. The van der Waals surface area contributed by atoms with Gasteiger partial charge in [0.15, 0.2) is 5.58 Å². The summed E-state index contributed by atoms with van der Waals surface area (Å²) in [6, 6.07) is 17.0. The largest absolute Gasteiger partial charge is 0.497 e. The number of para-hydroxylation sites is 1. The van der Waals surface area contributed by atoms with E-state index in [1.54, 1.807) is 67.6 Å². The van der Waals surface area contributed by atoms with Crippen LogP contribution in [0.2, 0.25) is 0 Å². The smallest absolute Gasteiger partial charge is 0.250 e. The molecule has 1 N–H and O–H groups in total. The van der Waals surface area contributed by atoms with Crippen molar-refractivity contribution in [3.05, 3.63) is 77.5 Å². The van der Waals surface area contributed by atoms with E-state index in [1.165, 1.54) is 32.7 Å². The highest BCUT2D eigenvalue weighted by molar-refractivity contribution is 7.89. The van der Waals surface area contributed by atoms with Crippen LogP contribution < -0.4 is 18.9 Å². The van der Waals surface area contributed by atoms with Crippen LogP contribution in [0, 0.1) is 0 Å². The van der Waals surface area contributed by atoms with Crippen LogP contribution in [0.3, 0.4) is 0 Å². The first-order valence-corrected chi connectivity index (χ1v) is 13.6. The van der Waals surface area contributed by atoms with Crippen molar-refractivity contribution >= 4 is 21.0 Å². The summed E-state index contributed by atoms with van der Waals surface area (Å²) < 4.78 is 57.1. The van der Waals surface area contributed by atoms with Gasteiger partial charge in [0, 0.05) is 41.7 Å². The number of ether oxygens (including phenoxy) is 4. The molecule has 0 aliphatic rings. The third-order valence-corrected chi connectivity index (χ3v) is 8.95. The second-order valence-electron chi connectivity index (χ2n) is 8.79. The molecule has 0 bridgehead atoms. The van der Waals surface area contributed by atoms with E-state index in [0.29, 0.717) is 45.1 Å². The molecule has 1 heterocycles.